The van der Waals surface area contributed by atoms with Gasteiger partial charge < -0.3 is 10.1 Å². The first-order chi connectivity index (χ1) is 12.0. The molecular formula is C17H19N3O4S. The molecular weight excluding hydrogens is 342 g/mol. The molecule has 0 aliphatic carbocycles. The average molecular weight is 361 g/mol. The summed E-state index contributed by atoms with van der Waals surface area (Å²) < 4.78 is 5.23. The lowest BCUT2D eigenvalue weighted by molar-refractivity contribution is -0.148. The number of anilines is 1. The molecule has 0 fully saturated rings. The molecule has 1 aromatic carbocycles. The Bertz CT molecular complexity index is 745. The van der Waals surface area contributed by atoms with Gasteiger partial charge in [-0.25, -0.2) is 0 Å². The molecule has 0 saturated heterocycles. The Kier molecular flexibility index (Phi) is 6.76. The van der Waals surface area contributed by atoms with E-state index in [0.717, 1.165) is 5.01 Å². The van der Waals surface area contributed by atoms with Gasteiger partial charge in [-0.15, -0.1) is 10.2 Å². The maximum atomic E-state index is 12.3. The van der Waals surface area contributed by atoms with Gasteiger partial charge in [0.1, 0.15) is 5.01 Å². The molecule has 132 valence electrons. The number of nitrogens with zero attached hydrogens (tertiary/aromatic N) is 2. The summed E-state index contributed by atoms with van der Waals surface area (Å²) >= 11 is 1.25. The number of ketones is 1. The number of rotatable bonds is 8. The number of aryl methyl sites for hydroxylation is 1. The zero-order chi connectivity index (χ0) is 18.2. The van der Waals surface area contributed by atoms with E-state index in [1.54, 1.807) is 38.1 Å². The van der Waals surface area contributed by atoms with Crippen LogP contribution in [-0.2, 0) is 14.3 Å². The van der Waals surface area contributed by atoms with Crippen molar-refractivity contribution in [3.05, 3.63) is 40.9 Å². The fraction of sp³-hybridized carbons (Fsp3) is 0.353. The van der Waals surface area contributed by atoms with Crippen LogP contribution in [0.1, 0.15) is 41.6 Å². The molecule has 0 radical (unpaired) electrons. The second-order valence-corrected chi connectivity index (χ2v) is 6.47. The molecule has 25 heavy (non-hydrogen) atoms. The Hall–Kier alpha value is -2.61. The van der Waals surface area contributed by atoms with Crippen LogP contribution < -0.4 is 5.32 Å². The van der Waals surface area contributed by atoms with Gasteiger partial charge in [-0.3, -0.25) is 14.4 Å². The number of esters is 1. The van der Waals surface area contributed by atoms with E-state index >= 15 is 0 Å². The molecule has 2 aromatic rings. The minimum atomic E-state index is -0.844. The smallest absolute Gasteiger partial charge is 0.307 e. The first-order valence-corrected chi connectivity index (χ1v) is 8.70. The summed E-state index contributed by atoms with van der Waals surface area (Å²) in [5.74, 6) is -1.18. The van der Waals surface area contributed by atoms with Gasteiger partial charge in [0.2, 0.25) is 16.8 Å². The summed E-state index contributed by atoms with van der Waals surface area (Å²) in [6.07, 6.45) is -0.630. The maximum Gasteiger partial charge on any atom is 0.307 e. The van der Waals surface area contributed by atoms with E-state index in [4.69, 9.17) is 4.74 Å². The Morgan fingerprint density at radius 3 is 2.48 bits per heavy atom. The standard InChI is InChI=1S/C17H19N3O4S/c1-3-13(16(23)12-7-5-4-6-8-12)24-15(22)10-9-14(21)18-17-20-19-11(2)25-17/h4-8,13H,3,9-10H2,1-2H3,(H,18,20,21)/t13-/m0/s1. The van der Waals surface area contributed by atoms with Crippen LogP contribution in [-0.4, -0.2) is 34.0 Å². The van der Waals surface area contributed by atoms with Crippen molar-refractivity contribution >= 4 is 34.1 Å². The summed E-state index contributed by atoms with van der Waals surface area (Å²) in [5, 5.41) is 11.3. The summed E-state index contributed by atoms with van der Waals surface area (Å²) in [4.78, 5) is 36.0. The highest BCUT2D eigenvalue weighted by Gasteiger charge is 2.22. The first-order valence-electron chi connectivity index (χ1n) is 7.88. The van der Waals surface area contributed by atoms with Crippen molar-refractivity contribution in [1.29, 1.82) is 0 Å². The van der Waals surface area contributed by atoms with Crippen molar-refractivity contribution < 1.29 is 19.1 Å². The average Bonchev–Trinajstić information content (AvgIpc) is 3.02. The number of amides is 1. The number of benzene rings is 1. The van der Waals surface area contributed by atoms with Gasteiger partial charge >= 0.3 is 5.97 Å². The normalized spacial score (nSPS) is 11.6. The highest BCUT2D eigenvalue weighted by Crippen LogP contribution is 2.14. The molecule has 0 bridgehead atoms. The Morgan fingerprint density at radius 1 is 1.16 bits per heavy atom. The molecule has 1 amide bonds. The van der Waals surface area contributed by atoms with E-state index < -0.39 is 12.1 Å². The van der Waals surface area contributed by atoms with Crippen LogP contribution in [0.5, 0.6) is 0 Å². The molecule has 0 aliphatic heterocycles. The fourth-order valence-electron chi connectivity index (χ4n) is 2.07. The number of carbonyl (C=O) groups is 3. The largest absolute Gasteiger partial charge is 0.454 e. The fourth-order valence-corrected chi connectivity index (χ4v) is 2.68. The van der Waals surface area contributed by atoms with E-state index in [1.165, 1.54) is 11.3 Å². The van der Waals surface area contributed by atoms with Crippen molar-refractivity contribution in [2.24, 2.45) is 0 Å². The Balaban J connectivity index is 1.81. The molecule has 0 unspecified atom stereocenters. The molecule has 8 heteroatoms. The SMILES string of the molecule is CC[C@H](OC(=O)CCC(=O)Nc1nnc(C)s1)C(=O)c1ccccc1. The van der Waals surface area contributed by atoms with Gasteiger partial charge in [-0.1, -0.05) is 48.6 Å². The van der Waals surface area contributed by atoms with Crippen molar-refractivity contribution in [3.8, 4) is 0 Å². The maximum absolute atomic E-state index is 12.3. The van der Waals surface area contributed by atoms with Gasteiger partial charge in [-0.2, -0.15) is 0 Å². The zero-order valence-corrected chi connectivity index (χ0v) is 14.8. The molecule has 2 rings (SSSR count). The zero-order valence-electron chi connectivity index (χ0n) is 14.0. The van der Waals surface area contributed by atoms with Crippen LogP contribution in [0.25, 0.3) is 0 Å². The number of hydrogen-bond donors (Lipinski definition) is 1. The third-order valence-electron chi connectivity index (χ3n) is 3.32. The van der Waals surface area contributed by atoms with Crippen molar-refractivity contribution in [2.45, 2.75) is 39.2 Å². The molecule has 1 heterocycles. The van der Waals surface area contributed by atoms with Crippen molar-refractivity contribution in [3.63, 3.8) is 0 Å². The Morgan fingerprint density at radius 2 is 1.88 bits per heavy atom. The molecule has 0 spiro atoms. The minimum absolute atomic E-state index is 0.0482. The number of ether oxygens (including phenoxy) is 1. The predicted octanol–water partition coefficient (Wildman–Crippen LogP) is 2.77. The van der Waals surface area contributed by atoms with E-state index in [1.807, 2.05) is 6.07 Å². The predicted molar refractivity (Wildman–Crippen MR) is 93.5 cm³/mol. The monoisotopic (exact) mass is 361 g/mol. The molecule has 0 saturated carbocycles. The lowest BCUT2D eigenvalue weighted by atomic mass is 10.0. The second kappa shape index (κ2) is 9.03. The summed E-state index contributed by atoms with van der Waals surface area (Å²) in [6.45, 7) is 3.54. The lowest BCUT2D eigenvalue weighted by Gasteiger charge is -2.15. The number of carbonyl (C=O) groups excluding carboxylic acids is 3. The van der Waals surface area contributed by atoms with Crippen LogP contribution in [0, 0.1) is 6.92 Å². The number of hydrogen-bond acceptors (Lipinski definition) is 7. The van der Waals surface area contributed by atoms with Crippen LogP contribution in [0.15, 0.2) is 30.3 Å². The summed E-state index contributed by atoms with van der Waals surface area (Å²) in [7, 11) is 0. The highest BCUT2D eigenvalue weighted by molar-refractivity contribution is 7.15. The third kappa shape index (κ3) is 5.75. The van der Waals surface area contributed by atoms with E-state index in [-0.39, 0.29) is 24.5 Å². The first kappa shape index (κ1) is 18.7. The van der Waals surface area contributed by atoms with Gasteiger partial charge in [0.15, 0.2) is 6.10 Å². The van der Waals surface area contributed by atoms with Gasteiger partial charge in [-0.05, 0) is 13.3 Å². The third-order valence-corrected chi connectivity index (χ3v) is 4.08. The Labute approximate surface area is 149 Å². The van der Waals surface area contributed by atoms with Crippen LogP contribution in [0.2, 0.25) is 0 Å². The quantitative estimate of drug-likeness (QED) is 0.573. The van der Waals surface area contributed by atoms with Crippen molar-refractivity contribution in [2.75, 3.05) is 5.32 Å². The molecule has 7 nitrogen and oxygen atoms in total. The number of aromatic nitrogens is 2. The number of Topliss-reactive ketones (excluding diaryl/α,β-unsaturated/α-hetero) is 1. The molecule has 1 atom stereocenters. The lowest BCUT2D eigenvalue weighted by Crippen LogP contribution is -2.27. The van der Waals surface area contributed by atoms with Crippen LogP contribution in [0.4, 0.5) is 5.13 Å². The van der Waals surface area contributed by atoms with Crippen LogP contribution in [0.3, 0.4) is 0 Å². The minimum Gasteiger partial charge on any atom is -0.454 e. The molecule has 0 aliphatic rings. The molecule has 1 aromatic heterocycles. The van der Waals surface area contributed by atoms with E-state index in [2.05, 4.69) is 15.5 Å². The molecule has 1 N–H and O–H groups in total. The highest BCUT2D eigenvalue weighted by atomic mass is 32.1. The summed E-state index contributed by atoms with van der Waals surface area (Å²) in [6, 6.07) is 8.66. The van der Waals surface area contributed by atoms with Crippen molar-refractivity contribution in [1.82, 2.24) is 10.2 Å². The van der Waals surface area contributed by atoms with E-state index in [0.29, 0.717) is 17.1 Å². The van der Waals surface area contributed by atoms with Gasteiger partial charge in [0, 0.05) is 12.0 Å². The van der Waals surface area contributed by atoms with Gasteiger partial charge in [0.25, 0.3) is 0 Å². The van der Waals surface area contributed by atoms with Crippen LogP contribution >= 0.6 is 11.3 Å². The number of nitrogens with one attached hydrogen (secondary N) is 1. The second-order valence-electron chi connectivity index (χ2n) is 5.29. The summed E-state index contributed by atoms with van der Waals surface area (Å²) in [5.41, 5.74) is 0.492. The topological polar surface area (TPSA) is 98.2 Å². The van der Waals surface area contributed by atoms with Gasteiger partial charge in [0.05, 0.1) is 6.42 Å². The van der Waals surface area contributed by atoms with E-state index in [9.17, 15) is 14.4 Å².